The highest BCUT2D eigenvalue weighted by Gasteiger charge is 2.38. The molecule has 0 spiro atoms. The Bertz CT molecular complexity index is 948. The molecule has 2 aromatic carbocycles. The lowest BCUT2D eigenvalue weighted by atomic mass is 9.86. The maximum absolute atomic E-state index is 12.6. The number of benzene rings is 2. The standard InChI is InChI=1S/C21H21N3O3/c1-21(2)16-12-14(7-10-17(16)23-20(21)27)22-19(26)13-5-8-15(9-6-13)24-11-3-4-18(24)25/h5-10,12H,3-4,11H2,1-2H3,(H,22,26)(H,23,27). The number of carbonyl (C=O) groups is 3. The Labute approximate surface area is 157 Å². The minimum atomic E-state index is -0.625. The van der Waals surface area contributed by atoms with Crippen LogP contribution in [0.5, 0.6) is 0 Å². The van der Waals surface area contributed by atoms with Gasteiger partial charge in [0.05, 0.1) is 5.41 Å². The molecule has 2 aliphatic heterocycles. The number of nitrogens with one attached hydrogen (secondary N) is 2. The molecule has 0 radical (unpaired) electrons. The van der Waals surface area contributed by atoms with Gasteiger partial charge in [0, 0.05) is 35.6 Å². The molecule has 1 fully saturated rings. The van der Waals surface area contributed by atoms with Gasteiger partial charge in [0.1, 0.15) is 0 Å². The minimum Gasteiger partial charge on any atom is -0.325 e. The van der Waals surface area contributed by atoms with Crippen molar-refractivity contribution in [2.24, 2.45) is 0 Å². The van der Waals surface area contributed by atoms with Gasteiger partial charge in [-0.1, -0.05) is 0 Å². The Kier molecular flexibility index (Phi) is 3.98. The van der Waals surface area contributed by atoms with Crippen molar-refractivity contribution in [2.45, 2.75) is 32.1 Å². The summed E-state index contributed by atoms with van der Waals surface area (Å²) in [5, 5.41) is 5.73. The first-order valence-corrected chi connectivity index (χ1v) is 9.04. The number of hydrogen-bond acceptors (Lipinski definition) is 3. The predicted octanol–water partition coefficient (Wildman–Crippen LogP) is 3.30. The Balaban J connectivity index is 1.51. The zero-order valence-corrected chi connectivity index (χ0v) is 15.3. The molecule has 0 saturated carbocycles. The highest BCUT2D eigenvalue weighted by atomic mass is 16.2. The molecule has 0 atom stereocenters. The summed E-state index contributed by atoms with van der Waals surface area (Å²) < 4.78 is 0. The molecule has 2 aromatic rings. The summed E-state index contributed by atoms with van der Waals surface area (Å²) in [6.07, 6.45) is 1.45. The molecule has 4 rings (SSSR count). The Hall–Kier alpha value is -3.15. The van der Waals surface area contributed by atoms with Crippen LogP contribution >= 0.6 is 0 Å². The second kappa shape index (κ2) is 6.23. The van der Waals surface area contributed by atoms with E-state index in [2.05, 4.69) is 10.6 Å². The van der Waals surface area contributed by atoms with Gasteiger partial charge in [0.15, 0.2) is 0 Å². The highest BCUT2D eigenvalue weighted by Crippen LogP contribution is 2.38. The lowest BCUT2D eigenvalue weighted by molar-refractivity contribution is -0.119. The van der Waals surface area contributed by atoms with E-state index < -0.39 is 5.41 Å². The molecule has 2 N–H and O–H groups in total. The molecule has 0 aliphatic carbocycles. The Morgan fingerprint density at radius 1 is 1.11 bits per heavy atom. The summed E-state index contributed by atoms with van der Waals surface area (Å²) in [4.78, 5) is 38.2. The van der Waals surface area contributed by atoms with Crippen molar-refractivity contribution in [1.82, 2.24) is 0 Å². The number of anilines is 3. The molecular weight excluding hydrogens is 342 g/mol. The van der Waals surface area contributed by atoms with Gasteiger partial charge in [-0.3, -0.25) is 14.4 Å². The molecule has 27 heavy (non-hydrogen) atoms. The van der Waals surface area contributed by atoms with E-state index in [1.807, 2.05) is 19.9 Å². The van der Waals surface area contributed by atoms with Gasteiger partial charge in [-0.25, -0.2) is 0 Å². The molecule has 6 nitrogen and oxygen atoms in total. The lowest BCUT2D eigenvalue weighted by Crippen LogP contribution is -2.26. The largest absolute Gasteiger partial charge is 0.325 e. The molecule has 3 amide bonds. The van der Waals surface area contributed by atoms with E-state index in [9.17, 15) is 14.4 Å². The zero-order chi connectivity index (χ0) is 19.2. The Morgan fingerprint density at radius 3 is 2.52 bits per heavy atom. The zero-order valence-electron chi connectivity index (χ0n) is 15.3. The van der Waals surface area contributed by atoms with Gasteiger partial charge in [0.2, 0.25) is 11.8 Å². The van der Waals surface area contributed by atoms with E-state index in [1.165, 1.54) is 0 Å². The van der Waals surface area contributed by atoms with Gasteiger partial charge in [0.25, 0.3) is 5.91 Å². The second-order valence-corrected chi connectivity index (χ2v) is 7.49. The van der Waals surface area contributed by atoms with Crippen LogP contribution in [0.4, 0.5) is 17.1 Å². The topological polar surface area (TPSA) is 78.5 Å². The number of amides is 3. The average Bonchev–Trinajstić information content (AvgIpc) is 3.17. The summed E-state index contributed by atoms with van der Waals surface area (Å²) in [5.41, 5.74) is 3.00. The van der Waals surface area contributed by atoms with Crippen molar-refractivity contribution in [3.05, 3.63) is 53.6 Å². The van der Waals surface area contributed by atoms with Crippen molar-refractivity contribution >= 4 is 34.8 Å². The molecule has 2 aliphatic rings. The van der Waals surface area contributed by atoms with Crippen molar-refractivity contribution in [1.29, 1.82) is 0 Å². The summed E-state index contributed by atoms with van der Waals surface area (Å²) >= 11 is 0. The second-order valence-electron chi connectivity index (χ2n) is 7.49. The molecule has 2 heterocycles. The van der Waals surface area contributed by atoms with E-state index in [4.69, 9.17) is 0 Å². The van der Waals surface area contributed by atoms with Crippen LogP contribution in [0.15, 0.2) is 42.5 Å². The average molecular weight is 363 g/mol. The highest BCUT2D eigenvalue weighted by molar-refractivity contribution is 6.08. The summed E-state index contributed by atoms with van der Waals surface area (Å²) in [6, 6.07) is 12.5. The normalized spacial score (nSPS) is 17.6. The van der Waals surface area contributed by atoms with Crippen molar-refractivity contribution in [2.75, 3.05) is 22.1 Å². The summed E-state index contributed by atoms with van der Waals surface area (Å²) in [7, 11) is 0. The first-order chi connectivity index (χ1) is 12.9. The maximum Gasteiger partial charge on any atom is 0.255 e. The lowest BCUT2D eigenvalue weighted by Gasteiger charge is -2.17. The van der Waals surface area contributed by atoms with Crippen LogP contribution in [0.3, 0.4) is 0 Å². The van der Waals surface area contributed by atoms with E-state index in [1.54, 1.807) is 41.3 Å². The molecule has 6 heteroatoms. The first kappa shape index (κ1) is 17.3. The summed E-state index contributed by atoms with van der Waals surface area (Å²) in [5.74, 6) is -0.159. The maximum atomic E-state index is 12.6. The quantitative estimate of drug-likeness (QED) is 0.878. The monoisotopic (exact) mass is 363 g/mol. The third-order valence-corrected chi connectivity index (χ3v) is 5.28. The van der Waals surface area contributed by atoms with Gasteiger partial charge in [-0.15, -0.1) is 0 Å². The van der Waals surface area contributed by atoms with Gasteiger partial charge in [-0.2, -0.15) is 0 Å². The van der Waals surface area contributed by atoms with Crippen LogP contribution < -0.4 is 15.5 Å². The minimum absolute atomic E-state index is 0.0481. The molecule has 0 aromatic heterocycles. The number of hydrogen-bond donors (Lipinski definition) is 2. The fourth-order valence-corrected chi connectivity index (χ4v) is 3.57. The molecule has 0 unspecified atom stereocenters. The van der Waals surface area contributed by atoms with E-state index in [-0.39, 0.29) is 17.7 Å². The van der Waals surface area contributed by atoms with Gasteiger partial charge >= 0.3 is 0 Å². The fraction of sp³-hybridized carbons (Fsp3) is 0.286. The van der Waals surface area contributed by atoms with Gasteiger partial charge in [-0.05, 0) is 68.3 Å². The van der Waals surface area contributed by atoms with Crippen LogP contribution in [0.25, 0.3) is 0 Å². The van der Waals surface area contributed by atoms with Crippen LogP contribution in [-0.2, 0) is 15.0 Å². The van der Waals surface area contributed by atoms with Crippen LogP contribution in [0, 0.1) is 0 Å². The molecular formula is C21H21N3O3. The number of nitrogens with zero attached hydrogens (tertiary/aromatic N) is 1. The fourth-order valence-electron chi connectivity index (χ4n) is 3.57. The SMILES string of the molecule is CC1(C)C(=O)Nc2ccc(NC(=O)c3ccc(N4CCCC4=O)cc3)cc21. The van der Waals surface area contributed by atoms with Crippen LogP contribution in [0.1, 0.15) is 42.6 Å². The van der Waals surface area contributed by atoms with E-state index in [0.717, 1.165) is 29.9 Å². The number of fused-ring (bicyclic) bond motifs is 1. The first-order valence-electron chi connectivity index (χ1n) is 9.04. The van der Waals surface area contributed by atoms with E-state index in [0.29, 0.717) is 17.7 Å². The number of rotatable bonds is 3. The molecule has 1 saturated heterocycles. The van der Waals surface area contributed by atoms with Crippen molar-refractivity contribution < 1.29 is 14.4 Å². The molecule has 138 valence electrons. The summed E-state index contributed by atoms with van der Waals surface area (Å²) in [6.45, 7) is 4.44. The predicted molar refractivity (Wildman–Crippen MR) is 104 cm³/mol. The third-order valence-electron chi connectivity index (χ3n) is 5.28. The van der Waals surface area contributed by atoms with Crippen molar-refractivity contribution in [3.63, 3.8) is 0 Å². The Morgan fingerprint density at radius 2 is 1.85 bits per heavy atom. The van der Waals surface area contributed by atoms with Gasteiger partial charge < -0.3 is 15.5 Å². The number of carbonyl (C=O) groups excluding carboxylic acids is 3. The third kappa shape index (κ3) is 2.97. The molecule has 0 bridgehead atoms. The van der Waals surface area contributed by atoms with E-state index >= 15 is 0 Å². The van der Waals surface area contributed by atoms with Crippen LogP contribution in [-0.4, -0.2) is 24.3 Å². The smallest absolute Gasteiger partial charge is 0.255 e. The van der Waals surface area contributed by atoms with Crippen LogP contribution in [0.2, 0.25) is 0 Å². The van der Waals surface area contributed by atoms with Crippen molar-refractivity contribution in [3.8, 4) is 0 Å².